The first-order chi connectivity index (χ1) is 9.09. The summed E-state index contributed by atoms with van der Waals surface area (Å²) in [5.74, 6) is 0.458. The number of carbonyl (C=O) groups is 1. The molecule has 0 spiro atoms. The average Bonchev–Trinajstić information content (AvgIpc) is 2.72. The van der Waals surface area contributed by atoms with Crippen LogP contribution in [0.5, 0.6) is 0 Å². The van der Waals surface area contributed by atoms with Crippen LogP contribution in [0.2, 0.25) is 0 Å². The molecular weight excluding hydrogens is 236 g/mol. The van der Waals surface area contributed by atoms with Gasteiger partial charge in [0.25, 0.3) is 0 Å². The second kappa shape index (κ2) is 4.12. The van der Waals surface area contributed by atoms with E-state index in [9.17, 15) is 4.79 Å². The van der Waals surface area contributed by atoms with E-state index in [1.54, 1.807) is 4.57 Å². The van der Waals surface area contributed by atoms with Gasteiger partial charge in [0.05, 0.1) is 11.0 Å². The molecule has 0 unspecified atom stereocenters. The minimum Gasteiger partial charge on any atom is -0.351 e. The highest BCUT2D eigenvalue weighted by molar-refractivity contribution is 6.13. The highest BCUT2D eigenvalue weighted by atomic mass is 16.2. The first-order valence-corrected chi connectivity index (χ1v) is 6.42. The molecule has 0 aliphatic heterocycles. The topological polar surface area (TPSA) is 48.0 Å². The largest absolute Gasteiger partial charge is 0.351 e. The summed E-state index contributed by atoms with van der Waals surface area (Å²) >= 11 is 0. The zero-order valence-electron chi connectivity index (χ0n) is 11.1. The van der Waals surface area contributed by atoms with Gasteiger partial charge in [0.1, 0.15) is 0 Å². The number of carbonyl (C=O) groups excluding carboxylic acids is 1. The van der Waals surface area contributed by atoms with Crippen molar-refractivity contribution in [3.8, 4) is 0 Å². The standard InChI is InChI=1S/C16H16N2O/c1-10(2)11-7-8-15-13(9-11)12-5-3-4-6-14(12)18(15)16(17)19/h3-10H,1-2H3,(H2,17,19). The molecule has 0 fully saturated rings. The van der Waals surface area contributed by atoms with Crippen molar-refractivity contribution in [2.45, 2.75) is 19.8 Å². The molecule has 0 saturated heterocycles. The van der Waals surface area contributed by atoms with Gasteiger partial charge < -0.3 is 5.73 Å². The number of para-hydroxylation sites is 1. The number of hydrogen-bond donors (Lipinski definition) is 1. The van der Waals surface area contributed by atoms with E-state index in [2.05, 4.69) is 26.0 Å². The minimum atomic E-state index is -0.441. The first kappa shape index (κ1) is 11.8. The highest BCUT2D eigenvalue weighted by Crippen LogP contribution is 2.30. The fraction of sp³-hybridized carbons (Fsp3) is 0.188. The highest BCUT2D eigenvalue weighted by Gasteiger charge is 2.14. The average molecular weight is 252 g/mol. The monoisotopic (exact) mass is 252 g/mol. The molecular formula is C16H16N2O. The summed E-state index contributed by atoms with van der Waals surface area (Å²) in [6.07, 6.45) is 0. The van der Waals surface area contributed by atoms with Crippen LogP contribution >= 0.6 is 0 Å². The van der Waals surface area contributed by atoms with Crippen molar-refractivity contribution in [1.29, 1.82) is 0 Å². The minimum absolute atomic E-state index is 0.441. The zero-order valence-corrected chi connectivity index (χ0v) is 11.1. The number of amides is 1. The van der Waals surface area contributed by atoms with E-state index in [-0.39, 0.29) is 0 Å². The maximum atomic E-state index is 11.7. The summed E-state index contributed by atoms with van der Waals surface area (Å²) in [7, 11) is 0. The van der Waals surface area contributed by atoms with Gasteiger partial charge in [-0.15, -0.1) is 0 Å². The maximum Gasteiger partial charge on any atom is 0.323 e. The molecule has 2 N–H and O–H groups in total. The molecule has 1 amide bonds. The van der Waals surface area contributed by atoms with Gasteiger partial charge in [-0.1, -0.05) is 38.1 Å². The molecule has 3 rings (SSSR count). The molecule has 1 heterocycles. The molecule has 19 heavy (non-hydrogen) atoms. The molecule has 0 aliphatic rings. The number of aromatic nitrogens is 1. The quantitative estimate of drug-likeness (QED) is 0.702. The predicted molar refractivity (Wildman–Crippen MR) is 78.5 cm³/mol. The molecule has 0 bridgehead atoms. The third-order valence-corrected chi connectivity index (χ3v) is 3.58. The van der Waals surface area contributed by atoms with Crippen LogP contribution < -0.4 is 5.73 Å². The van der Waals surface area contributed by atoms with Crippen LogP contribution in [0, 0.1) is 0 Å². The van der Waals surface area contributed by atoms with Gasteiger partial charge in [0.15, 0.2) is 0 Å². The van der Waals surface area contributed by atoms with Gasteiger partial charge in [0, 0.05) is 10.8 Å². The molecule has 1 aromatic heterocycles. The van der Waals surface area contributed by atoms with E-state index in [0.29, 0.717) is 5.92 Å². The lowest BCUT2D eigenvalue weighted by Gasteiger charge is -2.06. The van der Waals surface area contributed by atoms with Crippen molar-refractivity contribution in [3.05, 3.63) is 48.0 Å². The van der Waals surface area contributed by atoms with Gasteiger partial charge in [-0.25, -0.2) is 4.79 Å². The van der Waals surface area contributed by atoms with E-state index in [4.69, 9.17) is 5.73 Å². The van der Waals surface area contributed by atoms with Crippen LogP contribution in [0.4, 0.5) is 4.79 Å². The molecule has 3 nitrogen and oxygen atoms in total. The lowest BCUT2D eigenvalue weighted by molar-refractivity contribution is 0.252. The zero-order chi connectivity index (χ0) is 13.6. The lowest BCUT2D eigenvalue weighted by atomic mass is 10.0. The van der Waals surface area contributed by atoms with E-state index in [1.165, 1.54) is 5.56 Å². The number of primary amides is 1. The van der Waals surface area contributed by atoms with Gasteiger partial charge >= 0.3 is 6.03 Å². The van der Waals surface area contributed by atoms with Gasteiger partial charge in [-0.2, -0.15) is 0 Å². The van der Waals surface area contributed by atoms with Crippen LogP contribution in [0.3, 0.4) is 0 Å². The Kier molecular flexibility index (Phi) is 2.56. The van der Waals surface area contributed by atoms with Crippen molar-refractivity contribution in [1.82, 2.24) is 4.57 Å². The van der Waals surface area contributed by atoms with Crippen molar-refractivity contribution in [3.63, 3.8) is 0 Å². The lowest BCUT2D eigenvalue weighted by Crippen LogP contribution is -2.18. The molecule has 2 aromatic carbocycles. The van der Waals surface area contributed by atoms with Crippen LogP contribution in [0.15, 0.2) is 42.5 Å². The summed E-state index contributed by atoms with van der Waals surface area (Å²) in [6, 6.07) is 13.6. The summed E-state index contributed by atoms with van der Waals surface area (Å²) in [5, 5.41) is 2.15. The fourth-order valence-electron chi connectivity index (χ4n) is 2.59. The van der Waals surface area contributed by atoms with Crippen LogP contribution in [-0.4, -0.2) is 10.6 Å². The van der Waals surface area contributed by atoms with E-state index < -0.39 is 6.03 Å². The fourth-order valence-corrected chi connectivity index (χ4v) is 2.59. The second-order valence-electron chi connectivity index (χ2n) is 5.12. The van der Waals surface area contributed by atoms with E-state index in [0.717, 1.165) is 21.8 Å². The number of fused-ring (bicyclic) bond motifs is 3. The Hall–Kier alpha value is -2.29. The number of nitrogens with two attached hydrogens (primary N) is 1. The van der Waals surface area contributed by atoms with Gasteiger partial charge in [-0.05, 0) is 29.7 Å². The summed E-state index contributed by atoms with van der Waals surface area (Å²) in [6.45, 7) is 4.32. The number of nitrogens with zero attached hydrogens (tertiary/aromatic N) is 1. The Morgan fingerprint density at radius 1 is 1.05 bits per heavy atom. The Morgan fingerprint density at radius 3 is 2.42 bits per heavy atom. The van der Waals surface area contributed by atoms with Crippen molar-refractivity contribution < 1.29 is 4.79 Å². The molecule has 0 atom stereocenters. The molecule has 3 aromatic rings. The van der Waals surface area contributed by atoms with E-state index >= 15 is 0 Å². The number of rotatable bonds is 1. The molecule has 0 aliphatic carbocycles. The van der Waals surface area contributed by atoms with Crippen molar-refractivity contribution in [2.75, 3.05) is 0 Å². The number of hydrogen-bond acceptors (Lipinski definition) is 1. The first-order valence-electron chi connectivity index (χ1n) is 6.42. The Bertz CT molecular complexity index is 784. The Morgan fingerprint density at radius 2 is 1.74 bits per heavy atom. The summed E-state index contributed by atoms with van der Waals surface area (Å²) < 4.78 is 1.58. The van der Waals surface area contributed by atoms with Crippen LogP contribution in [-0.2, 0) is 0 Å². The SMILES string of the molecule is CC(C)c1ccc2c(c1)c1ccccc1n2C(N)=O. The Balaban J connectivity index is 2.49. The smallest absolute Gasteiger partial charge is 0.323 e. The maximum absolute atomic E-state index is 11.7. The van der Waals surface area contributed by atoms with Gasteiger partial charge in [0.2, 0.25) is 0 Å². The van der Waals surface area contributed by atoms with Gasteiger partial charge in [-0.3, -0.25) is 4.57 Å². The normalized spacial score (nSPS) is 11.5. The molecule has 3 heteroatoms. The molecule has 96 valence electrons. The van der Waals surface area contributed by atoms with Crippen molar-refractivity contribution in [2.24, 2.45) is 5.73 Å². The molecule has 0 radical (unpaired) electrons. The third-order valence-electron chi connectivity index (χ3n) is 3.58. The summed E-state index contributed by atoms with van der Waals surface area (Å²) in [4.78, 5) is 11.7. The van der Waals surface area contributed by atoms with E-state index in [1.807, 2.05) is 30.3 Å². The predicted octanol–water partition coefficient (Wildman–Crippen LogP) is 3.84. The number of benzene rings is 2. The van der Waals surface area contributed by atoms with Crippen LogP contribution in [0.25, 0.3) is 21.8 Å². The van der Waals surface area contributed by atoms with Crippen molar-refractivity contribution >= 4 is 27.8 Å². The Labute approximate surface area is 111 Å². The molecule has 0 saturated carbocycles. The second-order valence-corrected chi connectivity index (χ2v) is 5.12. The van der Waals surface area contributed by atoms with Crippen LogP contribution in [0.1, 0.15) is 25.3 Å². The summed E-state index contributed by atoms with van der Waals surface area (Å²) in [5.41, 5.74) is 8.52. The third kappa shape index (κ3) is 1.70.